The van der Waals surface area contributed by atoms with E-state index in [-0.39, 0.29) is 5.78 Å². The van der Waals surface area contributed by atoms with E-state index in [1.807, 2.05) is 0 Å². The van der Waals surface area contributed by atoms with E-state index in [9.17, 15) is 4.79 Å². The molecule has 0 bridgehead atoms. The third-order valence-electron chi connectivity index (χ3n) is 5.02. The standard InChI is InChI=1S/C18H30OSi/c1-12(2)16-14(19)10-11-15(17(16)13(3)4)20(8,9)18(5,6)7/h10-11,15H,1-9H3/t15-/m1/s1. The van der Waals surface area contributed by atoms with Crippen molar-refractivity contribution in [1.29, 1.82) is 0 Å². The number of rotatable bonds is 1. The van der Waals surface area contributed by atoms with Gasteiger partial charge in [-0.2, -0.15) is 0 Å². The largest absolute Gasteiger partial charge is 0.289 e. The van der Waals surface area contributed by atoms with Gasteiger partial charge in [0.25, 0.3) is 0 Å². The molecule has 0 unspecified atom stereocenters. The van der Waals surface area contributed by atoms with Crippen molar-refractivity contribution in [3.8, 4) is 0 Å². The van der Waals surface area contributed by atoms with Gasteiger partial charge in [0.15, 0.2) is 5.78 Å². The molecule has 2 heteroatoms. The maximum atomic E-state index is 12.3. The van der Waals surface area contributed by atoms with Crippen LogP contribution in [-0.2, 0) is 4.79 Å². The Kier molecular flexibility index (Phi) is 4.70. The van der Waals surface area contributed by atoms with Crippen LogP contribution in [0.2, 0.25) is 23.7 Å². The Balaban J connectivity index is 3.58. The fourth-order valence-corrected chi connectivity index (χ4v) is 5.46. The summed E-state index contributed by atoms with van der Waals surface area (Å²) in [6.07, 6.45) is 3.98. The first-order valence-corrected chi connectivity index (χ1v) is 10.6. The number of hydrogen-bond donors (Lipinski definition) is 0. The molecule has 0 spiro atoms. The Morgan fingerprint density at radius 3 is 1.90 bits per heavy atom. The van der Waals surface area contributed by atoms with Crippen molar-refractivity contribution < 1.29 is 4.79 Å². The zero-order chi connectivity index (χ0) is 15.9. The summed E-state index contributed by atoms with van der Waals surface area (Å²) in [6, 6.07) is 0. The smallest absolute Gasteiger partial charge is 0.185 e. The van der Waals surface area contributed by atoms with E-state index in [4.69, 9.17) is 0 Å². The molecule has 20 heavy (non-hydrogen) atoms. The lowest BCUT2D eigenvalue weighted by Crippen LogP contribution is -2.44. The van der Waals surface area contributed by atoms with Gasteiger partial charge in [0.2, 0.25) is 0 Å². The molecule has 1 nitrogen and oxygen atoms in total. The monoisotopic (exact) mass is 290 g/mol. The normalized spacial score (nSPS) is 20.4. The van der Waals surface area contributed by atoms with E-state index in [2.05, 4.69) is 67.6 Å². The Morgan fingerprint density at radius 2 is 1.55 bits per heavy atom. The number of ketones is 1. The molecule has 0 fully saturated rings. The van der Waals surface area contributed by atoms with Crippen LogP contribution in [0.25, 0.3) is 0 Å². The van der Waals surface area contributed by atoms with Gasteiger partial charge in [0.1, 0.15) is 0 Å². The predicted octanol–water partition coefficient (Wildman–Crippen LogP) is 5.68. The van der Waals surface area contributed by atoms with E-state index in [1.54, 1.807) is 6.08 Å². The molecular formula is C18H30OSi. The van der Waals surface area contributed by atoms with Crippen LogP contribution in [0, 0.1) is 0 Å². The van der Waals surface area contributed by atoms with Crippen molar-refractivity contribution in [2.75, 3.05) is 0 Å². The molecule has 0 aromatic carbocycles. The fraction of sp³-hybridized carbons (Fsp3) is 0.611. The molecule has 0 aliphatic heterocycles. The number of allylic oxidation sites excluding steroid dienone is 6. The summed E-state index contributed by atoms with van der Waals surface area (Å²) in [5, 5.41) is 0.301. The van der Waals surface area contributed by atoms with E-state index in [0.29, 0.717) is 10.6 Å². The van der Waals surface area contributed by atoms with Crippen LogP contribution in [-0.4, -0.2) is 13.9 Å². The molecule has 1 aliphatic carbocycles. The van der Waals surface area contributed by atoms with Crippen LogP contribution in [0.5, 0.6) is 0 Å². The fourth-order valence-electron chi connectivity index (χ4n) is 2.80. The average Bonchev–Trinajstić information content (AvgIpc) is 2.25. The van der Waals surface area contributed by atoms with Gasteiger partial charge in [-0.05, 0) is 49.9 Å². The van der Waals surface area contributed by atoms with Gasteiger partial charge >= 0.3 is 0 Å². The molecule has 0 heterocycles. The van der Waals surface area contributed by atoms with Gasteiger partial charge in [0, 0.05) is 5.57 Å². The first kappa shape index (κ1) is 17.2. The summed E-state index contributed by atoms with van der Waals surface area (Å²) in [7, 11) is -1.58. The second kappa shape index (κ2) is 5.48. The third kappa shape index (κ3) is 2.90. The second-order valence-corrected chi connectivity index (χ2v) is 13.5. The van der Waals surface area contributed by atoms with Crippen LogP contribution in [0.1, 0.15) is 48.5 Å². The van der Waals surface area contributed by atoms with Crippen molar-refractivity contribution in [1.82, 2.24) is 0 Å². The predicted molar refractivity (Wildman–Crippen MR) is 91.8 cm³/mol. The summed E-state index contributed by atoms with van der Waals surface area (Å²) < 4.78 is 0. The lowest BCUT2D eigenvalue weighted by molar-refractivity contribution is -0.111. The summed E-state index contributed by atoms with van der Waals surface area (Å²) in [4.78, 5) is 12.3. The maximum Gasteiger partial charge on any atom is 0.185 e. The highest BCUT2D eigenvalue weighted by Crippen LogP contribution is 2.51. The zero-order valence-electron chi connectivity index (χ0n) is 14.6. The molecule has 112 valence electrons. The van der Waals surface area contributed by atoms with Gasteiger partial charge in [-0.3, -0.25) is 4.79 Å². The molecule has 1 atom stereocenters. The van der Waals surface area contributed by atoms with Gasteiger partial charge in [-0.15, -0.1) is 0 Å². The Bertz CT molecular complexity index is 502. The number of carbonyl (C=O) groups excluding carboxylic acids is 1. The first-order valence-electron chi connectivity index (χ1n) is 7.49. The minimum absolute atomic E-state index is 0.177. The Labute approximate surface area is 125 Å². The third-order valence-corrected chi connectivity index (χ3v) is 10.9. The van der Waals surface area contributed by atoms with E-state index < -0.39 is 8.07 Å². The molecular weight excluding hydrogens is 260 g/mol. The zero-order valence-corrected chi connectivity index (χ0v) is 15.6. The van der Waals surface area contributed by atoms with Crippen molar-refractivity contribution in [2.45, 2.75) is 72.1 Å². The summed E-state index contributed by atoms with van der Waals surface area (Å²) in [5.74, 6) is 0.177. The number of hydrogen-bond acceptors (Lipinski definition) is 1. The topological polar surface area (TPSA) is 17.1 Å². The lowest BCUT2D eigenvalue weighted by Gasteiger charge is -2.45. The van der Waals surface area contributed by atoms with Gasteiger partial charge < -0.3 is 0 Å². The van der Waals surface area contributed by atoms with Gasteiger partial charge in [0.05, 0.1) is 8.07 Å². The average molecular weight is 291 g/mol. The molecule has 1 aliphatic rings. The SMILES string of the molecule is CC(C)=C1C(=O)C=C[C@@H]([Si](C)(C)C(C)(C)C)C1=C(C)C. The van der Waals surface area contributed by atoms with E-state index >= 15 is 0 Å². The summed E-state index contributed by atoms with van der Waals surface area (Å²) in [5.41, 5.74) is 5.11. The second-order valence-electron chi connectivity index (χ2n) is 7.96. The van der Waals surface area contributed by atoms with Crippen molar-refractivity contribution in [2.24, 2.45) is 0 Å². The van der Waals surface area contributed by atoms with Crippen molar-refractivity contribution in [3.05, 3.63) is 34.4 Å². The van der Waals surface area contributed by atoms with Gasteiger partial charge in [-0.1, -0.05) is 51.1 Å². The molecule has 1 rings (SSSR count). The molecule has 0 radical (unpaired) electrons. The molecule has 0 aromatic heterocycles. The highest BCUT2D eigenvalue weighted by Gasteiger charge is 2.45. The highest BCUT2D eigenvalue weighted by atomic mass is 28.3. The van der Waals surface area contributed by atoms with Crippen LogP contribution in [0.4, 0.5) is 0 Å². The summed E-state index contributed by atoms with van der Waals surface area (Å²) in [6.45, 7) is 20.3. The Morgan fingerprint density at radius 1 is 1.05 bits per heavy atom. The van der Waals surface area contributed by atoms with Crippen LogP contribution >= 0.6 is 0 Å². The van der Waals surface area contributed by atoms with Crippen LogP contribution in [0.3, 0.4) is 0 Å². The quantitative estimate of drug-likeness (QED) is 0.449. The van der Waals surface area contributed by atoms with Crippen LogP contribution in [0.15, 0.2) is 34.4 Å². The molecule has 0 N–H and O–H groups in total. The molecule has 0 saturated carbocycles. The highest BCUT2D eigenvalue weighted by molar-refractivity contribution is 6.82. The number of carbonyl (C=O) groups is 1. The van der Waals surface area contributed by atoms with E-state index in [1.165, 1.54) is 11.1 Å². The van der Waals surface area contributed by atoms with E-state index in [0.717, 1.165) is 11.1 Å². The maximum absolute atomic E-state index is 12.3. The lowest BCUT2D eigenvalue weighted by atomic mass is 9.87. The van der Waals surface area contributed by atoms with Crippen LogP contribution < -0.4 is 0 Å². The minimum Gasteiger partial charge on any atom is -0.289 e. The molecule has 0 aromatic rings. The first-order chi connectivity index (χ1) is 8.91. The van der Waals surface area contributed by atoms with Crippen molar-refractivity contribution >= 4 is 13.9 Å². The molecule has 0 amide bonds. The minimum atomic E-state index is -1.58. The van der Waals surface area contributed by atoms with Gasteiger partial charge in [-0.25, -0.2) is 0 Å². The van der Waals surface area contributed by atoms with Crippen molar-refractivity contribution in [3.63, 3.8) is 0 Å². The summed E-state index contributed by atoms with van der Waals surface area (Å²) >= 11 is 0. The molecule has 0 saturated heterocycles. The Hall–Kier alpha value is -0.893.